The highest BCUT2D eigenvalue weighted by Crippen LogP contribution is 2.22. The van der Waals surface area contributed by atoms with E-state index in [1.54, 1.807) is 18.2 Å². The first-order chi connectivity index (χ1) is 12.5. The maximum absolute atomic E-state index is 12.8. The predicted octanol–water partition coefficient (Wildman–Crippen LogP) is 3.41. The summed E-state index contributed by atoms with van der Waals surface area (Å²) in [6.07, 6.45) is 0. The summed E-state index contributed by atoms with van der Waals surface area (Å²) in [5.41, 5.74) is 2.04. The van der Waals surface area contributed by atoms with Gasteiger partial charge in [0, 0.05) is 13.1 Å². The van der Waals surface area contributed by atoms with Crippen molar-refractivity contribution in [1.29, 1.82) is 0 Å². The minimum absolute atomic E-state index is 0.302. The first kappa shape index (κ1) is 18.9. The number of morpholine rings is 1. The lowest BCUT2D eigenvalue weighted by molar-refractivity contribution is 0.0730. The molecule has 0 bridgehead atoms. The molecule has 26 heavy (non-hydrogen) atoms. The normalized spacial score (nSPS) is 16.0. The van der Waals surface area contributed by atoms with Crippen molar-refractivity contribution < 1.29 is 17.9 Å². The van der Waals surface area contributed by atoms with Gasteiger partial charge in [0.25, 0.3) is 0 Å². The summed E-state index contributed by atoms with van der Waals surface area (Å²) in [5.74, 6) is 1.22. The minimum Gasteiger partial charge on any atom is -0.489 e. The summed E-state index contributed by atoms with van der Waals surface area (Å²) < 4.78 is 38.1. The number of ether oxygens (including phenoxy) is 2. The number of hydrogen-bond donors (Lipinski definition) is 0. The molecule has 0 aliphatic carbocycles. The van der Waals surface area contributed by atoms with Crippen LogP contribution in [0, 0.1) is 0 Å². The molecular weight excluding hydrogens is 350 g/mol. The second-order valence-electron chi connectivity index (χ2n) is 6.68. The van der Waals surface area contributed by atoms with E-state index in [1.165, 1.54) is 9.87 Å². The molecular formula is C20H25NO4S. The lowest BCUT2D eigenvalue weighted by Crippen LogP contribution is -2.40. The Morgan fingerprint density at radius 2 is 1.81 bits per heavy atom. The quantitative estimate of drug-likeness (QED) is 0.776. The maximum Gasteiger partial charge on any atom is 0.243 e. The molecule has 0 saturated carbocycles. The molecule has 1 heterocycles. The van der Waals surface area contributed by atoms with Gasteiger partial charge >= 0.3 is 0 Å². The van der Waals surface area contributed by atoms with Crippen molar-refractivity contribution in [3.8, 4) is 5.75 Å². The summed E-state index contributed by atoms with van der Waals surface area (Å²) >= 11 is 0. The molecule has 2 aromatic carbocycles. The first-order valence-corrected chi connectivity index (χ1v) is 10.3. The molecule has 5 nitrogen and oxygen atoms in total. The number of rotatable bonds is 6. The molecule has 0 spiro atoms. The number of hydrogen-bond acceptors (Lipinski definition) is 4. The zero-order chi connectivity index (χ0) is 18.6. The Morgan fingerprint density at radius 3 is 2.54 bits per heavy atom. The molecule has 1 fully saturated rings. The van der Waals surface area contributed by atoms with Gasteiger partial charge in [-0.3, -0.25) is 0 Å². The molecule has 140 valence electrons. The van der Waals surface area contributed by atoms with Crippen LogP contribution in [0.1, 0.15) is 30.9 Å². The van der Waals surface area contributed by atoms with E-state index in [2.05, 4.69) is 19.9 Å². The van der Waals surface area contributed by atoms with Gasteiger partial charge in [-0.25, -0.2) is 8.42 Å². The minimum atomic E-state index is -3.49. The van der Waals surface area contributed by atoms with Crippen molar-refractivity contribution in [3.63, 3.8) is 0 Å². The summed E-state index contributed by atoms with van der Waals surface area (Å²) in [6.45, 7) is 6.27. The third kappa shape index (κ3) is 4.44. The monoisotopic (exact) mass is 375 g/mol. The van der Waals surface area contributed by atoms with E-state index in [-0.39, 0.29) is 0 Å². The Labute approximate surface area is 155 Å². The van der Waals surface area contributed by atoms with Crippen LogP contribution in [-0.2, 0) is 21.4 Å². The Hall–Kier alpha value is -1.89. The van der Waals surface area contributed by atoms with Gasteiger partial charge in [0.1, 0.15) is 12.4 Å². The Kier molecular flexibility index (Phi) is 5.96. The van der Waals surface area contributed by atoms with Gasteiger partial charge in [0.2, 0.25) is 10.0 Å². The van der Waals surface area contributed by atoms with Crippen LogP contribution in [0.15, 0.2) is 53.4 Å². The summed E-state index contributed by atoms with van der Waals surface area (Å²) in [7, 11) is -3.49. The molecule has 1 saturated heterocycles. The molecule has 0 aromatic heterocycles. The zero-order valence-electron chi connectivity index (χ0n) is 15.2. The van der Waals surface area contributed by atoms with E-state index in [0.717, 1.165) is 11.3 Å². The van der Waals surface area contributed by atoms with Gasteiger partial charge < -0.3 is 9.47 Å². The molecule has 2 aromatic rings. The Morgan fingerprint density at radius 1 is 1.08 bits per heavy atom. The lowest BCUT2D eigenvalue weighted by Gasteiger charge is -2.26. The van der Waals surface area contributed by atoms with Crippen molar-refractivity contribution in [1.82, 2.24) is 4.31 Å². The van der Waals surface area contributed by atoms with Crippen molar-refractivity contribution >= 4 is 10.0 Å². The average molecular weight is 375 g/mol. The first-order valence-electron chi connectivity index (χ1n) is 8.86. The molecule has 0 amide bonds. The molecule has 0 radical (unpaired) electrons. The standard InChI is InChI=1S/C20H25NO4S/c1-16(2)18-6-4-7-19(14-18)25-15-17-5-3-8-20(13-17)26(22,23)21-9-11-24-12-10-21/h3-8,13-14,16H,9-12,15H2,1-2H3. The van der Waals surface area contributed by atoms with Crippen molar-refractivity contribution in [2.75, 3.05) is 26.3 Å². The Bertz CT molecular complexity index is 842. The Balaban J connectivity index is 1.72. The highest BCUT2D eigenvalue weighted by atomic mass is 32.2. The highest BCUT2D eigenvalue weighted by Gasteiger charge is 2.26. The maximum atomic E-state index is 12.8. The van der Waals surface area contributed by atoms with Crippen LogP contribution in [0.4, 0.5) is 0 Å². The van der Waals surface area contributed by atoms with Crippen LogP contribution in [-0.4, -0.2) is 39.0 Å². The topological polar surface area (TPSA) is 55.8 Å². The molecule has 1 aliphatic rings. The largest absolute Gasteiger partial charge is 0.489 e. The van der Waals surface area contributed by atoms with Crippen molar-refractivity contribution in [3.05, 3.63) is 59.7 Å². The van der Waals surface area contributed by atoms with Crippen LogP contribution in [0.3, 0.4) is 0 Å². The van der Waals surface area contributed by atoms with E-state index in [0.29, 0.717) is 43.7 Å². The lowest BCUT2D eigenvalue weighted by atomic mass is 10.0. The van der Waals surface area contributed by atoms with Gasteiger partial charge in [0.15, 0.2) is 0 Å². The third-order valence-electron chi connectivity index (χ3n) is 4.44. The predicted molar refractivity (Wildman–Crippen MR) is 101 cm³/mol. The van der Waals surface area contributed by atoms with E-state index in [9.17, 15) is 8.42 Å². The number of nitrogens with zero attached hydrogens (tertiary/aromatic N) is 1. The SMILES string of the molecule is CC(C)c1cccc(OCc2cccc(S(=O)(=O)N3CCOCC3)c2)c1. The summed E-state index contributed by atoms with van der Waals surface area (Å²) in [5, 5.41) is 0. The molecule has 0 atom stereocenters. The zero-order valence-corrected chi connectivity index (χ0v) is 16.0. The van der Waals surface area contributed by atoms with Crippen molar-refractivity contribution in [2.24, 2.45) is 0 Å². The fourth-order valence-corrected chi connectivity index (χ4v) is 4.34. The van der Waals surface area contributed by atoms with Crippen molar-refractivity contribution in [2.45, 2.75) is 31.3 Å². The molecule has 0 N–H and O–H groups in total. The smallest absolute Gasteiger partial charge is 0.243 e. The second-order valence-corrected chi connectivity index (χ2v) is 8.62. The molecule has 1 aliphatic heterocycles. The van der Waals surface area contributed by atoms with Gasteiger partial charge in [0.05, 0.1) is 18.1 Å². The van der Waals surface area contributed by atoms with Gasteiger partial charge in [-0.15, -0.1) is 0 Å². The summed E-state index contributed by atoms with van der Waals surface area (Å²) in [4.78, 5) is 0.302. The van der Waals surface area contributed by atoms with Crippen LogP contribution in [0.2, 0.25) is 0 Å². The summed E-state index contributed by atoms with van der Waals surface area (Å²) in [6, 6.07) is 15.0. The van der Waals surface area contributed by atoms with Crippen LogP contribution in [0.25, 0.3) is 0 Å². The average Bonchev–Trinajstić information content (AvgIpc) is 2.67. The number of benzene rings is 2. The third-order valence-corrected chi connectivity index (χ3v) is 6.33. The molecule has 0 unspecified atom stereocenters. The van der Waals surface area contributed by atoms with Crippen LogP contribution < -0.4 is 4.74 Å². The van der Waals surface area contributed by atoms with Crippen LogP contribution in [0.5, 0.6) is 5.75 Å². The number of sulfonamides is 1. The van der Waals surface area contributed by atoms with Gasteiger partial charge in [-0.05, 0) is 41.3 Å². The van der Waals surface area contributed by atoms with Crippen LogP contribution >= 0.6 is 0 Å². The fourth-order valence-electron chi connectivity index (χ4n) is 2.86. The highest BCUT2D eigenvalue weighted by molar-refractivity contribution is 7.89. The van der Waals surface area contributed by atoms with E-state index < -0.39 is 10.0 Å². The van der Waals surface area contributed by atoms with Gasteiger partial charge in [-0.2, -0.15) is 4.31 Å². The molecule has 6 heteroatoms. The van der Waals surface area contributed by atoms with Gasteiger partial charge in [-0.1, -0.05) is 38.1 Å². The van der Waals surface area contributed by atoms with E-state index >= 15 is 0 Å². The van der Waals surface area contributed by atoms with E-state index in [4.69, 9.17) is 9.47 Å². The van der Waals surface area contributed by atoms with E-state index in [1.807, 2.05) is 24.3 Å². The molecule has 3 rings (SSSR count). The fraction of sp³-hybridized carbons (Fsp3) is 0.400. The second kappa shape index (κ2) is 8.20.